The molecule has 0 aliphatic carbocycles. The van der Waals surface area contributed by atoms with Gasteiger partial charge >= 0.3 is 11.4 Å². The van der Waals surface area contributed by atoms with E-state index >= 15 is 0 Å². The van der Waals surface area contributed by atoms with Gasteiger partial charge in [0.2, 0.25) is 0 Å². The fraction of sp³-hybridized carbons (Fsp3) is 0.538. The molecule has 0 amide bonds. The Balaban J connectivity index is 3.90. The molecule has 0 unspecified atom stereocenters. The lowest BCUT2D eigenvalue weighted by Crippen LogP contribution is -2.11. The predicted molar refractivity (Wildman–Crippen MR) is 77.0 cm³/mol. The summed E-state index contributed by atoms with van der Waals surface area (Å²) in [6.07, 6.45) is 1.31. The SMILES string of the molecule is CCCc1c(C)c([N+](=O)[O-])c(N)c([N+](=O)[O-])c1C(C)C. The van der Waals surface area contributed by atoms with Crippen LogP contribution in [0.1, 0.15) is 49.8 Å². The van der Waals surface area contributed by atoms with Crippen LogP contribution in [-0.2, 0) is 6.42 Å². The van der Waals surface area contributed by atoms with E-state index in [1.807, 2.05) is 20.8 Å². The summed E-state index contributed by atoms with van der Waals surface area (Å²) < 4.78 is 0. The number of rotatable bonds is 5. The first-order valence-electron chi connectivity index (χ1n) is 6.47. The molecule has 0 heterocycles. The van der Waals surface area contributed by atoms with Gasteiger partial charge in [0, 0.05) is 11.1 Å². The van der Waals surface area contributed by atoms with Crippen molar-refractivity contribution in [2.45, 2.75) is 46.5 Å². The molecule has 0 radical (unpaired) electrons. The Labute approximate surface area is 117 Å². The van der Waals surface area contributed by atoms with E-state index in [1.165, 1.54) is 0 Å². The highest BCUT2D eigenvalue weighted by molar-refractivity contribution is 5.79. The molecule has 0 atom stereocenters. The molecule has 0 aromatic heterocycles. The monoisotopic (exact) mass is 281 g/mol. The van der Waals surface area contributed by atoms with Gasteiger partial charge in [-0.1, -0.05) is 27.2 Å². The number of nitrogens with two attached hydrogens (primary N) is 1. The average Bonchev–Trinajstić information content (AvgIpc) is 2.30. The maximum absolute atomic E-state index is 11.3. The molecular formula is C13H19N3O4. The maximum atomic E-state index is 11.3. The summed E-state index contributed by atoms with van der Waals surface area (Å²) in [7, 11) is 0. The fourth-order valence-corrected chi connectivity index (χ4v) is 2.57. The van der Waals surface area contributed by atoms with Crippen molar-refractivity contribution < 1.29 is 9.85 Å². The molecule has 0 saturated carbocycles. The first kappa shape index (κ1) is 15.9. The van der Waals surface area contributed by atoms with Crippen molar-refractivity contribution in [2.75, 3.05) is 5.73 Å². The van der Waals surface area contributed by atoms with Gasteiger partial charge in [0.15, 0.2) is 5.69 Å². The molecule has 2 N–H and O–H groups in total. The number of hydrogen-bond acceptors (Lipinski definition) is 5. The van der Waals surface area contributed by atoms with E-state index in [1.54, 1.807) is 6.92 Å². The largest absolute Gasteiger partial charge is 0.387 e. The van der Waals surface area contributed by atoms with Crippen molar-refractivity contribution >= 4 is 17.1 Å². The summed E-state index contributed by atoms with van der Waals surface area (Å²) in [6, 6.07) is 0. The van der Waals surface area contributed by atoms with Gasteiger partial charge in [0.25, 0.3) is 0 Å². The van der Waals surface area contributed by atoms with Crippen molar-refractivity contribution in [2.24, 2.45) is 0 Å². The van der Waals surface area contributed by atoms with Crippen molar-refractivity contribution in [1.82, 2.24) is 0 Å². The Hall–Kier alpha value is -2.18. The predicted octanol–water partition coefficient (Wildman–Crippen LogP) is 3.47. The summed E-state index contributed by atoms with van der Waals surface area (Å²) >= 11 is 0. The van der Waals surface area contributed by atoms with Crippen LogP contribution in [0.4, 0.5) is 17.1 Å². The summed E-state index contributed by atoms with van der Waals surface area (Å²) in [6.45, 7) is 7.19. The lowest BCUT2D eigenvalue weighted by Gasteiger charge is -2.17. The molecule has 0 fully saturated rings. The summed E-state index contributed by atoms with van der Waals surface area (Å²) in [5, 5.41) is 22.5. The number of nitrogen functional groups attached to an aromatic ring is 1. The number of nitro groups is 2. The second kappa shape index (κ2) is 5.85. The van der Waals surface area contributed by atoms with Gasteiger partial charge in [-0.15, -0.1) is 0 Å². The highest BCUT2D eigenvalue weighted by Crippen LogP contribution is 2.43. The van der Waals surface area contributed by atoms with Crippen LogP contribution in [0.5, 0.6) is 0 Å². The third kappa shape index (κ3) is 2.56. The third-order valence-corrected chi connectivity index (χ3v) is 3.34. The highest BCUT2D eigenvalue weighted by Gasteiger charge is 2.34. The van der Waals surface area contributed by atoms with E-state index in [4.69, 9.17) is 5.73 Å². The van der Waals surface area contributed by atoms with Crippen molar-refractivity contribution in [3.8, 4) is 0 Å². The van der Waals surface area contributed by atoms with Crippen molar-refractivity contribution in [1.29, 1.82) is 0 Å². The molecule has 1 aromatic carbocycles. The number of hydrogen-bond donors (Lipinski definition) is 1. The van der Waals surface area contributed by atoms with Crippen molar-refractivity contribution in [3.05, 3.63) is 36.9 Å². The maximum Gasteiger partial charge on any atom is 0.302 e. The fourth-order valence-electron chi connectivity index (χ4n) is 2.57. The highest BCUT2D eigenvalue weighted by atomic mass is 16.6. The normalized spacial score (nSPS) is 10.8. The number of anilines is 1. The smallest absolute Gasteiger partial charge is 0.302 e. The molecule has 0 aliphatic heterocycles. The van der Waals surface area contributed by atoms with E-state index < -0.39 is 9.85 Å². The van der Waals surface area contributed by atoms with Gasteiger partial charge in [-0.25, -0.2) is 0 Å². The van der Waals surface area contributed by atoms with Gasteiger partial charge in [-0.2, -0.15) is 0 Å². The summed E-state index contributed by atoms with van der Waals surface area (Å²) in [4.78, 5) is 21.2. The van der Waals surface area contributed by atoms with Crippen LogP contribution < -0.4 is 5.73 Å². The summed E-state index contributed by atoms with van der Waals surface area (Å²) in [5.41, 5.74) is 6.32. The van der Waals surface area contributed by atoms with E-state index in [2.05, 4.69) is 0 Å². The van der Waals surface area contributed by atoms with Crippen LogP contribution in [0.3, 0.4) is 0 Å². The van der Waals surface area contributed by atoms with Gasteiger partial charge in [0.1, 0.15) is 0 Å². The quantitative estimate of drug-likeness (QED) is 0.504. The molecule has 0 aliphatic rings. The Morgan fingerprint density at radius 1 is 1.15 bits per heavy atom. The molecule has 7 nitrogen and oxygen atoms in total. The minimum Gasteiger partial charge on any atom is -0.387 e. The third-order valence-electron chi connectivity index (χ3n) is 3.34. The first-order valence-corrected chi connectivity index (χ1v) is 6.47. The molecule has 110 valence electrons. The zero-order valence-electron chi connectivity index (χ0n) is 12.1. The average molecular weight is 281 g/mol. The molecule has 7 heteroatoms. The second-order valence-corrected chi connectivity index (χ2v) is 5.05. The first-order chi connectivity index (χ1) is 9.23. The van der Waals surface area contributed by atoms with Crippen LogP contribution in [0.25, 0.3) is 0 Å². The summed E-state index contributed by atoms with van der Waals surface area (Å²) in [5.74, 6) is -0.126. The molecular weight excluding hydrogens is 262 g/mol. The van der Waals surface area contributed by atoms with Crippen LogP contribution in [0, 0.1) is 27.2 Å². The van der Waals surface area contributed by atoms with Gasteiger partial charge < -0.3 is 5.73 Å². The molecule has 1 rings (SSSR count). The molecule has 0 spiro atoms. The number of nitrogens with zero attached hydrogens (tertiary/aromatic N) is 2. The lowest BCUT2D eigenvalue weighted by molar-refractivity contribution is -0.393. The van der Waals surface area contributed by atoms with E-state index in [0.29, 0.717) is 23.1 Å². The molecule has 0 bridgehead atoms. The van der Waals surface area contributed by atoms with Crippen LogP contribution in [-0.4, -0.2) is 9.85 Å². The van der Waals surface area contributed by atoms with Crippen LogP contribution in [0.2, 0.25) is 0 Å². The minimum absolute atomic E-state index is 0.126. The zero-order valence-corrected chi connectivity index (χ0v) is 12.1. The van der Waals surface area contributed by atoms with E-state index in [0.717, 1.165) is 6.42 Å². The Morgan fingerprint density at radius 3 is 2.00 bits per heavy atom. The number of nitro benzene ring substituents is 2. The Morgan fingerprint density at radius 2 is 1.65 bits per heavy atom. The second-order valence-electron chi connectivity index (χ2n) is 5.05. The Bertz CT molecular complexity index is 567. The van der Waals surface area contributed by atoms with Gasteiger partial charge in [-0.3, -0.25) is 20.2 Å². The van der Waals surface area contributed by atoms with E-state index in [9.17, 15) is 20.2 Å². The standard InChI is InChI=1S/C13H19N3O4/c1-5-6-9-8(4)12(15(17)18)11(14)13(16(19)20)10(9)7(2)3/h7H,5-6,14H2,1-4H3. The topological polar surface area (TPSA) is 112 Å². The lowest BCUT2D eigenvalue weighted by atomic mass is 9.87. The molecule has 20 heavy (non-hydrogen) atoms. The van der Waals surface area contributed by atoms with Crippen molar-refractivity contribution in [3.63, 3.8) is 0 Å². The molecule has 1 aromatic rings. The zero-order chi connectivity index (χ0) is 15.6. The minimum atomic E-state index is -0.638. The molecule has 0 saturated heterocycles. The van der Waals surface area contributed by atoms with Gasteiger partial charge in [0.05, 0.1) is 9.85 Å². The van der Waals surface area contributed by atoms with Gasteiger partial charge in [-0.05, 0) is 24.8 Å². The van der Waals surface area contributed by atoms with Crippen LogP contribution >= 0.6 is 0 Å². The van der Waals surface area contributed by atoms with E-state index in [-0.39, 0.29) is 23.0 Å². The van der Waals surface area contributed by atoms with Crippen LogP contribution in [0.15, 0.2) is 0 Å². The number of benzene rings is 1. The Kier molecular flexibility index (Phi) is 4.65.